The Hall–Kier alpha value is -2.86. The van der Waals surface area contributed by atoms with Crippen LogP contribution in [0, 0.1) is 0 Å². The summed E-state index contributed by atoms with van der Waals surface area (Å²) < 4.78 is 9.70. The van der Waals surface area contributed by atoms with Crippen molar-refractivity contribution in [3.8, 4) is 5.75 Å². The molecule has 0 atom stereocenters. The Morgan fingerprint density at radius 2 is 1.64 bits per heavy atom. The van der Waals surface area contributed by atoms with Crippen molar-refractivity contribution in [1.82, 2.24) is 4.90 Å². The number of anilines is 1. The Balaban J connectivity index is 1.53. The number of ether oxygens (including phenoxy) is 2. The molecule has 2 aromatic rings. The number of likely N-dealkylation sites (tertiary alicyclic amines) is 1. The third kappa shape index (κ3) is 5.82. The van der Waals surface area contributed by atoms with Gasteiger partial charge < -0.3 is 14.8 Å². The van der Waals surface area contributed by atoms with Gasteiger partial charge in [-0.2, -0.15) is 0 Å². The number of benzene rings is 2. The zero-order valence-electron chi connectivity index (χ0n) is 16.1. The highest BCUT2D eigenvalue weighted by Gasteiger charge is 2.11. The fraction of sp³-hybridized carbons (Fsp3) is 0.364. The lowest BCUT2D eigenvalue weighted by Crippen LogP contribution is -2.29. The first-order valence-corrected chi connectivity index (χ1v) is 9.71. The Bertz CT molecular complexity index is 781. The highest BCUT2D eigenvalue weighted by Crippen LogP contribution is 2.17. The Morgan fingerprint density at radius 1 is 0.964 bits per heavy atom. The van der Waals surface area contributed by atoms with E-state index in [-0.39, 0.29) is 12.5 Å². The van der Waals surface area contributed by atoms with Crippen LogP contribution >= 0.6 is 0 Å². The molecule has 148 valence electrons. The Labute approximate surface area is 165 Å². The second-order valence-corrected chi connectivity index (χ2v) is 6.80. The van der Waals surface area contributed by atoms with Crippen LogP contribution in [0.1, 0.15) is 42.1 Å². The molecule has 6 nitrogen and oxygen atoms in total. The van der Waals surface area contributed by atoms with Crippen LogP contribution in [0.15, 0.2) is 48.5 Å². The minimum Gasteiger partial charge on any atom is -0.434 e. The van der Waals surface area contributed by atoms with Crippen molar-refractivity contribution in [2.75, 3.05) is 25.0 Å². The number of amides is 1. The van der Waals surface area contributed by atoms with E-state index in [9.17, 15) is 9.59 Å². The summed E-state index contributed by atoms with van der Waals surface area (Å²) >= 11 is 0. The van der Waals surface area contributed by atoms with Crippen LogP contribution in [-0.4, -0.2) is 36.7 Å². The van der Waals surface area contributed by atoms with Crippen LogP contribution in [0.5, 0.6) is 5.75 Å². The maximum atomic E-state index is 12.4. The molecule has 0 unspecified atom stereocenters. The van der Waals surface area contributed by atoms with E-state index in [1.54, 1.807) is 31.2 Å². The number of nitrogens with zero attached hydrogens (tertiary/aromatic N) is 1. The highest BCUT2D eigenvalue weighted by atomic mass is 16.7. The lowest BCUT2D eigenvalue weighted by Gasteiger charge is -2.26. The molecule has 1 aliphatic rings. The average Bonchev–Trinajstić information content (AvgIpc) is 2.71. The number of nitrogens with one attached hydrogen (secondary N) is 1. The van der Waals surface area contributed by atoms with E-state index in [1.807, 2.05) is 12.1 Å². The van der Waals surface area contributed by atoms with Crippen LogP contribution in [0.4, 0.5) is 10.5 Å². The normalized spacial score (nSPS) is 14.3. The van der Waals surface area contributed by atoms with Gasteiger partial charge in [0.2, 0.25) is 0 Å². The molecular formula is C22H26N2O4. The van der Waals surface area contributed by atoms with Crippen molar-refractivity contribution in [2.45, 2.75) is 32.7 Å². The summed E-state index contributed by atoms with van der Waals surface area (Å²) in [5.74, 6) is 0.114. The van der Waals surface area contributed by atoms with Gasteiger partial charge in [-0.05, 0) is 74.8 Å². The van der Waals surface area contributed by atoms with Crippen molar-refractivity contribution < 1.29 is 19.1 Å². The summed E-state index contributed by atoms with van der Waals surface area (Å²) in [6.07, 6.45) is 3.12. The van der Waals surface area contributed by atoms with Crippen molar-refractivity contribution in [2.24, 2.45) is 0 Å². The maximum Gasteiger partial charge on any atom is 0.513 e. The number of hydrogen-bond acceptors (Lipinski definition) is 5. The molecule has 0 bridgehead atoms. The molecule has 0 aliphatic carbocycles. The summed E-state index contributed by atoms with van der Waals surface area (Å²) in [5.41, 5.74) is 2.48. The largest absolute Gasteiger partial charge is 0.513 e. The summed E-state index contributed by atoms with van der Waals surface area (Å²) in [7, 11) is 0. The predicted molar refractivity (Wildman–Crippen MR) is 108 cm³/mol. The van der Waals surface area contributed by atoms with E-state index >= 15 is 0 Å². The quantitative estimate of drug-likeness (QED) is 0.590. The van der Waals surface area contributed by atoms with Crippen molar-refractivity contribution in [1.29, 1.82) is 0 Å². The van der Waals surface area contributed by atoms with Crippen LogP contribution < -0.4 is 10.1 Å². The lowest BCUT2D eigenvalue weighted by molar-refractivity contribution is 0.102. The monoisotopic (exact) mass is 382 g/mol. The third-order valence-corrected chi connectivity index (χ3v) is 4.65. The Morgan fingerprint density at radius 3 is 2.29 bits per heavy atom. The zero-order valence-corrected chi connectivity index (χ0v) is 16.1. The van der Waals surface area contributed by atoms with Gasteiger partial charge in [-0.25, -0.2) is 4.79 Å². The van der Waals surface area contributed by atoms with Gasteiger partial charge in [0.15, 0.2) is 0 Å². The number of carbonyl (C=O) groups is 2. The molecule has 0 aromatic heterocycles. The Kier molecular flexibility index (Phi) is 7.03. The van der Waals surface area contributed by atoms with Crippen LogP contribution in [0.25, 0.3) is 0 Å². The third-order valence-electron chi connectivity index (χ3n) is 4.65. The van der Waals surface area contributed by atoms with E-state index in [0.717, 1.165) is 25.3 Å². The van der Waals surface area contributed by atoms with Crippen molar-refractivity contribution in [3.05, 3.63) is 59.7 Å². The van der Waals surface area contributed by atoms with Crippen LogP contribution in [0.3, 0.4) is 0 Å². The highest BCUT2D eigenvalue weighted by molar-refractivity contribution is 6.04. The summed E-state index contributed by atoms with van der Waals surface area (Å²) in [4.78, 5) is 26.2. The van der Waals surface area contributed by atoms with Crippen molar-refractivity contribution in [3.63, 3.8) is 0 Å². The molecule has 0 radical (unpaired) electrons. The minimum atomic E-state index is -0.760. The summed E-state index contributed by atoms with van der Waals surface area (Å²) in [6, 6.07) is 14.3. The van der Waals surface area contributed by atoms with E-state index in [4.69, 9.17) is 9.47 Å². The van der Waals surface area contributed by atoms with E-state index < -0.39 is 6.16 Å². The molecule has 0 spiro atoms. The fourth-order valence-electron chi connectivity index (χ4n) is 3.19. The van der Waals surface area contributed by atoms with Gasteiger partial charge in [0, 0.05) is 17.8 Å². The topological polar surface area (TPSA) is 67.9 Å². The molecule has 0 saturated carbocycles. The fourth-order valence-corrected chi connectivity index (χ4v) is 3.19. The second-order valence-electron chi connectivity index (χ2n) is 6.80. The SMILES string of the molecule is CCOC(=O)Oc1ccc(C(=O)Nc2ccc(CN3CCCCC3)cc2)cc1. The van der Waals surface area contributed by atoms with Gasteiger partial charge in [0.05, 0.1) is 6.61 Å². The van der Waals surface area contributed by atoms with E-state index in [2.05, 4.69) is 22.3 Å². The molecular weight excluding hydrogens is 356 g/mol. The second kappa shape index (κ2) is 9.90. The number of carbonyl (C=O) groups excluding carboxylic acids is 2. The number of hydrogen-bond donors (Lipinski definition) is 1. The van der Waals surface area contributed by atoms with Gasteiger partial charge in [-0.3, -0.25) is 9.69 Å². The molecule has 1 aliphatic heterocycles. The van der Waals surface area contributed by atoms with Gasteiger partial charge in [-0.1, -0.05) is 18.6 Å². The predicted octanol–water partition coefficient (Wildman–Crippen LogP) is 4.46. The molecule has 2 aromatic carbocycles. The maximum absolute atomic E-state index is 12.4. The standard InChI is InChI=1S/C22H26N2O4/c1-2-27-22(26)28-20-12-8-18(9-13-20)21(25)23-19-10-6-17(7-11-19)16-24-14-4-3-5-15-24/h6-13H,2-5,14-16H2,1H3,(H,23,25). The molecule has 1 N–H and O–H groups in total. The number of piperidine rings is 1. The first-order valence-electron chi connectivity index (χ1n) is 9.71. The molecule has 6 heteroatoms. The lowest BCUT2D eigenvalue weighted by atomic mass is 10.1. The first-order chi connectivity index (χ1) is 13.6. The van der Waals surface area contributed by atoms with Gasteiger partial charge in [0.25, 0.3) is 5.91 Å². The first kappa shape index (κ1) is 19.9. The smallest absolute Gasteiger partial charge is 0.434 e. The molecule has 1 amide bonds. The van der Waals surface area contributed by atoms with Gasteiger partial charge in [0.1, 0.15) is 5.75 Å². The molecule has 1 fully saturated rings. The average molecular weight is 382 g/mol. The van der Waals surface area contributed by atoms with Crippen molar-refractivity contribution >= 4 is 17.7 Å². The molecule has 28 heavy (non-hydrogen) atoms. The van der Waals surface area contributed by atoms with E-state index in [0.29, 0.717) is 11.3 Å². The zero-order chi connectivity index (χ0) is 19.8. The molecule has 3 rings (SSSR count). The van der Waals surface area contributed by atoms with Crippen LogP contribution in [-0.2, 0) is 11.3 Å². The molecule has 1 saturated heterocycles. The van der Waals surface area contributed by atoms with Crippen LogP contribution in [0.2, 0.25) is 0 Å². The number of rotatable bonds is 6. The van der Waals surface area contributed by atoms with Gasteiger partial charge in [-0.15, -0.1) is 0 Å². The summed E-state index contributed by atoms with van der Waals surface area (Å²) in [5, 5.41) is 2.88. The van der Waals surface area contributed by atoms with E-state index in [1.165, 1.54) is 24.8 Å². The van der Waals surface area contributed by atoms with Gasteiger partial charge >= 0.3 is 6.16 Å². The minimum absolute atomic E-state index is 0.216. The molecule has 1 heterocycles. The summed E-state index contributed by atoms with van der Waals surface area (Å²) in [6.45, 7) is 5.23.